The number of rotatable bonds is 5. The minimum Gasteiger partial charge on any atom is -0.377 e. The number of hydrogen-bond donors (Lipinski definition) is 1. The Labute approximate surface area is 205 Å². The van der Waals surface area contributed by atoms with Crippen molar-refractivity contribution in [3.05, 3.63) is 104 Å². The second kappa shape index (κ2) is 8.92. The molecule has 0 unspecified atom stereocenters. The number of anilines is 1. The highest BCUT2D eigenvalue weighted by Crippen LogP contribution is 2.58. The largest absolute Gasteiger partial charge is 0.377 e. The van der Waals surface area contributed by atoms with E-state index in [-0.39, 0.29) is 49.7 Å². The highest BCUT2D eigenvalue weighted by Gasteiger charge is 2.51. The first kappa shape index (κ1) is 22.7. The molecular weight excluding hydrogens is 474 g/mol. The number of halogens is 1. The minimum atomic E-state index is -0.371. The molecule has 0 spiro atoms. The van der Waals surface area contributed by atoms with Gasteiger partial charge in [0, 0.05) is 29.0 Å². The van der Waals surface area contributed by atoms with Gasteiger partial charge in [-0.3, -0.25) is 20.2 Å². The molecule has 0 bridgehead atoms. The lowest BCUT2D eigenvalue weighted by Gasteiger charge is -2.38. The molecule has 3 aromatic rings. The molecule has 7 nitrogen and oxygen atoms in total. The fraction of sp³-hybridized carbons (Fsp3) is 0.280. The molecule has 0 amide bonds. The zero-order chi connectivity index (χ0) is 24.0. The maximum Gasteiger partial charge on any atom is 0.282 e. The van der Waals surface area contributed by atoms with Crippen LogP contribution in [0.4, 0.5) is 17.1 Å². The highest BCUT2D eigenvalue weighted by atomic mass is 35.5. The van der Waals surface area contributed by atoms with E-state index in [0.717, 1.165) is 16.8 Å². The lowest BCUT2D eigenvalue weighted by Crippen LogP contribution is -2.31. The standard InChI is InChI=1S/C25H22ClN3O4S/c1-14-10-11-18-16(12-14)23-17(25(27-18)15-6-2-3-7-19(15)28(30)31)13-22(24(23)26)34-21-9-5-4-8-20(21)29(32)33/h2-12,17,22-25,27H,13H2,1H3/t17-,22-,23+,24-,25-/m1/s1. The van der Waals surface area contributed by atoms with E-state index >= 15 is 0 Å². The number of para-hydroxylation sites is 2. The third kappa shape index (κ3) is 3.91. The fourth-order valence-electron chi connectivity index (χ4n) is 5.33. The molecule has 1 N–H and O–H groups in total. The van der Waals surface area contributed by atoms with Gasteiger partial charge in [-0.1, -0.05) is 48.0 Å². The summed E-state index contributed by atoms with van der Waals surface area (Å²) >= 11 is 8.55. The molecule has 0 radical (unpaired) electrons. The Bertz CT molecular complexity index is 1290. The quantitative estimate of drug-likeness (QED) is 0.236. The molecule has 5 atom stereocenters. The Hall–Kier alpha value is -3.10. The molecule has 174 valence electrons. The van der Waals surface area contributed by atoms with Gasteiger partial charge in [0.05, 0.1) is 31.7 Å². The summed E-state index contributed by atoms with van der Waals surface area (Å²) in [6.45, 7) is 2.03. The van der Waals surface area contributed by atoms with Crippen LogP contribution in [0.3, 0.4) is 0 Å². The van der Waals surface area contributed by atoms with Gasteiger partial charge >= 0.3 is 0 Å². The molecule has 9 heteroatoms. The van der Waals surface area contributed by atoms with Crippen molar-refractivity contribution >= 4 is 40.4 Å². The maximum atomic E-state index is 11.8. The number of fused-ring (bicyclic) bond motifs is 3. The van der Waals surface area contributed by atoms with Crippen molar-refractivity contribution in [1.29, 1.82) is 0 Å². The number of hydrogen-bond acceptors (Lipinski definition) is 6. The SMILES string of the molecule is Cc1ccc2c(c1)[C@@H]1[C@H](Cl)[C@H](Sc3ccccc3[N+](=O)[O-])C[C@H]1[C@@H](c1ccccc1[N+](=O)[O-])N2. The molecular formula is C25H22ClN3O4S. The van der Waals surface area contributed by atoms with Crippen molar-refractivity contribution in [2.75, 3.05) is 5.32 Å². The van der Waals surface area contributed by atoms with Gasteiger partial charge in [-0.05, 0) is 37.0 Å². The van der Waals surface area contributed by atoms with Gasteiger partial charge in [0.2, 0.25) is 0 Å². The van der Waals surface area contributed by atoms with Crippen molar-refractivity contribution in [3.63, 3.8) is 0 Å². The Kier molecular flexibility index (Phi) is 5.95. The van der Waals surface area contributed by atoms with Gasteiger partial charge in [-0.2, -0.15) is 0 Å². The summed E-state index contributed by atoms with van der Waals surface area (Å²) in [5, 5.41) is 26.5. The molecule has 3 aromatic carbocycles. The molecule has 1 aliphatic heterocycles. The summed E-state index contributed by atoms with van der Waals surface area (Å²) in [5.41, 5.74) is 3.92. The smallest absolute Gasteiger partial charge is 0.282 e. The van der Waals surface area contributed by atoms with Crippen LogP contribution in [0.25, 0.3) is 0 Å². The van der Waals surface area contributed by atoms with E-state index in [1.807, 2.05) is 25.1 Å². The van der Waals surface area contributed by atoms with Crippen molar-refractivity contribution in [2.45, 2.75) is 40.8 Å². The molecule has 34 heavy (non-hydrogen) atoms. The summed E-state index contributed by atoms with van der Waals surface area (Å²) in [7, 11) is 0. The van der Waals surface area contributed by atoms with Crippen LogP contribution in [0.15, 0.2) is 71.6 Å². The van der Waals surface area contributed by atoms with Gasteiger partial charge in [-0.15, -0.1) is 23.4 Å². The van der Waals surface area contributed by atoms with Gasteiger partial charge in [0.1, 0.15) is 0 Å². The number of nitro groups is 2. The van der Waals surface area contributed by atoms with Gasteiger partial charge in [-0.25, -0.2) is 0 Å². The number of alkyl halides is 1. The fourth-order valence-corrected chi connectivity index (χ4v) is 7.27. The molecule has 0 saturated heterocycles. The second-order valence-corrected chi connectivity index (χ2v) is 10.6. The molecule has 2 aliphatic rings. The normalized spacial score (nSPS) is 25.2. The van der Waals surface area contributed by atoms with Crippen molar-refractivity contribution in [3.8, 4) is 0 Å². The predicted molar refractivity (Wildman–Crippen MR) is 134 cm³/mol. The van der Waals surface area contributed by atoms with Crippen LogP contribution in [-0.2, 0) is 0 Å². The van der Waals surface area contributed by atoms with Crippen LogP contribution in [0.1, 0.15) is 35.1 Å². The summed E-state index contributed by atoms with van der Waals surface area (Å²) in [5.74, 6) is -0.0407. The van der Waals surface area contributed by atoms with Crippen LogP contribution >= 0.6 is 23.4 Å². The molecule has 1 fully saturated rings. The predicted octanol–water partition coefficient (Wildman–Crippen LogP) is 6.85. The van der Waals surface area contributed by atoms with E-state index < -0.39 is 0 Å². The van der Waals surface area contributed by atoms with E-state index in [1.54, 1.807) is 30.3 Å². The molecule has 1 aliphatic carbocycles. The first-order chi connectivity index (χ1) is 16.3. The topological polar surface area (TPSA) is 98.3 Å². The Morgan fingerprint density at radius 1 is 0.941 bits per heavy atom. The first-order valence-electron chi connectivity index (χ1n) is 11.0. The van der Waals surface area contributed by atoms with Crippen LogP contribution < -0.4 is 5.32 Å². The maximum absolute atomic E-state index is 11.8. The van der Waals surface area contributed by atoms with E-state index in [2.05, 4.69) is 11.4 Å². The molecule has 5 rings (SSSR count). The van der Waals surface area contributed by atoms with Crippen molar-refractivity contribution < 1.29 is 9.85 Å². The van der Waals surface area contributed by atoms with E-state index in [9.17, 15) is 20.2 Å². The average Bonchev–Trinajstić information content (AvgIpc) is 3.15. The minimum absolute atomic E-state index is 0.00170. The van der Waals surface area contributed by atoms with Crippen LogP contribution in [0.5, 0.6) is 0 Å². The zero-order valence-corrected chi connectivity index (χ0v) is 19.8. The number of nitrogens with zero attached hydrogens (tertiary/aromatic N) is 2. The summed E-state index contributed by atoms with van der Waals surface area (Å²) in [4.78, 5) is 23.2. The zero-order valence-electron chi connectivity index (χ0n) is 18.3. The monoisotopic (exact) mass is 495 g/mol. The highest BCUT2D eigenvalue weighted by molar-refractivity contribution is 8.00. The number of nitro benzene ring substituents is 2. The average molecular weight is 496 g/mol. The number of aryl methyl sites for hydroxylation is 1. The van der Waals surface area contributed by atoms with E-state index in [1.165, 1.54) is 23.9 Å². The Balaban J connectivity index is 1.57. The summed E-state index contributed by atoms with van der Waals surface area (Å²) in [6, 6.07) is 19.4. The van der Waals surface area contributed by atoms with Crippen molar-refractivity contribution in [2.24, 2.45) is 5.92 Å². The molecule has 1 saturated carbocycles. The van der Waals surface area contributed by atoms with E-state index in [0.29, 0.717) is 16.9 Å². The lowest BCUT2D eigenvalue weighted by molar-refractivity contribution is -0.387. The third-order valence-electron chi connectivity index (χ3n) is 6.78. The van der Waals surface area contributed by atoms with Crippen molar-refractivity contribution in [1.82, 2.24) is 0 Å². The number of benzene rings is 3. The number of thioether (sulfide) groups is 1. The van der Waals surface area contributed by atoms with Gasteiger partial charge in [0.15, 0.2) is 0 Å². The van der Waals surface area contributed by atoms with Gasteiger partial charge in [0.25, 0.3) is 11.4 Å². The summed E-state index contributed by atoms with van der Waals surface area (Å²) < 4.78 is 0. The van der Waals surface area contributed by atoms with Crippen LogP contribution in [0, 0.1) is 33.1 Å². The first-order valence-corrected chi connectivity index (χ1v) is 12.3. The van der Waals surface area contributed by atoms with Crippen LogP contribution in [-0.4, -0.2) is 20.5 Å². The Morgan fingerprint density at radius 3 is 2.35 bits per heavy atom. The molecule has 0 aromatic heterocycles. The third-order valence-corrected chi connectivity index (χ3v) is 8.89. The van der Waals surface area contributed by atoms with Gasteiger partial charge < -0.3 is 5.32 Å². The number of nitrogens with one attached hydrogen (secondary N) is 1. The Morgan fingerprint density at radius 2 is 1.62 bits per heavy atom. The van der Waals surface area contributed by atoms with Crippen LogP contribution in [0.2, 0.25) is 0 Å². The summed E-state index contributed by atoms with van der Waals surface area (Å²) in [6.07, 6.45) is 0.673. The lowest BCUT2D eigenvalue weighted by atomic mass is 9.76. The molecule has 1 heterocycles. The van der Waals surface area contributed by atoms with E-state index in [4.69, 9.17) is 11.6 Å². The second-order valence-electron chi connectivity index (χ2n) is 8.78.